The maximum Gasteiger partial charge on any atom is 0.255 e. The molecule has 0 bridgehead atoms. The first-order valence-corrected chi connectivity index (χ1v) is 13.6. The Balaban J connectivity index is 1.29. The van der Waals surface area contributed by atoms with E-state index in [9.17, 15) is 4.79 Å². The predicted octanol–water partition coefficient (Wildman–Crippen LogP) is 7.25. The van der Waals surface area contributed by atoms with Crippen molar-refractivity contribution in [2.45, 2.75) is 18.8 Å². The number of carbonyl (C=O) groups excluding carboxylic acids is 1. The van der Waals surface area contributed by atoms with Crippen LogP contribution in [0.15, 0.2) is 70.8 Å². The second-order valence-corrected chi connectivity index (χ2v) is 10.8. The van der Waals surface area contributed by atoms with E-state index in [0.29, 0.717) is 16.6 Å². The average Bonchev–Trinajstić information content (AvgIpc) is 3.35. The van der Waals surface area contributed by atoms with Gasteiger partial charge in [0.05, 0.1) is 15.7 Å². The molecule has 0 atom stereocenters. The lowest BCUT2D eigenvalue weighted by Crippen LogP contribution is -2.33. The maximum absolute atomic E-state index is 12.9. The standard InChI is InChI=1S/C27H24BrClN4OS/c28-21-5-3-18(4-6-21)2-1-13-33-14-10-19(11-15-33)25-22(7-8-23-26(25)31-17-35-23)32-27(34)20-9-12-30-24(29)16-20/h1-9,12,16-17,19H,10-11,13-15H2,(H,32,34). The molecule has 0 saturated carbocycles. The summed E-state index contributed by atoms with van der Waals surface area (Å²) in [5.74, 6) is 0.143. The second-order valence-electron chi connectivity index (χ2n) is 8.58. The number of benzene rings is 2. The van der Waals surface area contributed by atoms with Crippen LogP contribution >= 0.6 is 38.9 Å². The summed E-state index contributed by atoms with van der Waals surface area (Å²) in [7, 11) is 0. The molecule has 1 amide bonds. The lowest BCUT2D eigenvalue weighted by Gasteiger charge is -2.32. The lowest BCUT2D eigenvalue weighted by molar-refractivity contribution is 0.102. The van der Waals surface area contributed by atoms with Gasteiger partial charge in [0.25, 0.3) is 5.91 Å². The molecule has 4 aromatic rings. The van der Waals surface area contributed by atoms with E-state index < -0.39 is 0 Å². The molecule has 2 aromatic heterocycles. The number of carbonyl (C=O) groups is 1. The zero-order chi connectivity index (χ0) is 24.2. The van der Waals surface area contributed by atoms with Crippen LogP contribution in [0.4, 0.5) is 5.69 Å². The number of pyridine rings is 1. The number of amides is 1. The van der Waals surface area contributed by atoms with Gasteiger partial charge in [-0.1, -0.05) is 51.8 Å². The summed E-state index contributed by atoms with van der Waals surface area (Å²) in [6, 6.07) is 15.6. The SMILES string of the molecule is O=C(Nc1ccc2scnc2c1C1CCN(CC=Cc2ccc(Br)cc2)CC1)c1ccnc(Cl)c1. The topological polar surface area (TPSA) is 58.1 Å². The van der Waals surface area contributed by atoms with Gasteiger partial charge in [-0.2, -0.15) is 0 Å². The Morgan fingerprint density at radius 2 is 1.94 bits per heavy atom. The highest BCUT2D eigenvalue weighted by molar-refractivity contribution is 9.10. The fraction of sp³-hybridized carbons (Fsp3) is 0.222. The van der Waals surface area contributed by atoms with E-state index in [4.69, 9.17) is 11.6 Å². The van der Waals surface area contributed by atoms with E-state index in [2.05, 4.69) is 72.5 Å². The summed E-state index contributed by atoms with van der Waals surface area (Å²) >= 11 is 11.1. The first-order chi connectivity index (χ1) is 17.1. The zero-order valence-electron chi connectivity index (χ0n) is 19.0. The van der Waals surface area contributed by atoms with Crippen molar-refractivity contribution in [2.24, 2.45) is 0 Å². The molecule has 5 rings (SSSR count). The van der Waals surface area contributed by atoms with Gasteiger partial charge in [0.1, 0.15) is 5.15 Å². The number of piperidine rings is 1. The minimum atomic E-state index is -0.194. The first-order valence-electron chi connectivity index (χ1n) is 11.5. The van der Waals surface area contributed by atoms with Gasteiger partial charge < -0.3 is 5.32 Å². The second kappa shape index (κ2) is 11.0. The highest BCUT2D eigenvalue weighted by Gasteiger charge is 2.26. The Hall–Kier alpha value is -2.58. The Morgan fingerprint density at radius 3 is 2.71 bits per heavy atom. The molecular formula is C27H24BrClN4OS. The molecular weight excluding hydrogens is 544 g/mol. The van der Waals surface area contributed by atoms with Crippen molar-refractivity contribution in [2.75, 3.05) is 25.0 Å². The largest absolute Gasteiger partial charge is 0.322 e. The van der Waals surface area contributed by atoms with Crippen molar-refractivity contribution >= 4 is 66.8 Å². The molecule has 1 saturated heterocycles. The van der Waals surface area contributed by atoms with Crippen molar-refractivity contribution in [1.82, 2.24) is 14.9 Å². The normalized spacial score (nSPS) is 15.1. The number of rotatable bonds is 6. The summed E-state index contributed by atoms with van der Waals surface area (Å²) < 4.78 is 2.23. The number of anilines is 1. The number of thiazole rings is 1. The lowest BCUT2D eigenvalue weighted by atomic mass is 9.87. The van der Waals surface area contributed by atoms with Gasteiger partial charge >= 0.3 is 0 Å². The molecule has 1 aliphatic rings. The van der Waals surface area contributed by atoms with Crippen LogP contribution in [0, 0.1) is 0 Å². The van der Waals surface area contributed by atoms with E-state index in [1.165, 1.54) is 5.56 Å². The molecule has 1 aliphatic heterocycles. The van der Waals surface area contributed by atoms with Crippen LogP contribution in [0.25, 0.3) is 16.3 Å². The number of hydrogen-bond acceptors (Lipinski definition) is 5. The van der Waals surface area contributed by atoms with E-state index in [-0.39, 0.29) is 5.91 Å². The van der Waals surface area contributed by atoms with Crippen molar-refractivity contribution in [3.63, 3.8) is 0 Å². The van der Waals surface area contributed by atoms with Crippen LogP contribution in [0.3, 0.4) is 0 Å². The molecule has 1 N–H and O–H groups in total. The summed E-state index contributed by atoms with van der Waals surface area (Å²) in [4.78, 5) is 24.1. The molecule has 0 aliphatic carbocycles. The third-order valence-electron chi connectivity index (χ3n) is 6.32. The van der Waals surface area contributed by atoms with Crippen molar-refractivity contribution in [3.8, 4) is 0 Å². The van der Waals surface area contributed by atoms with Gasteiger partial charge in [-0.05, 0) is 73.8 Å². The average molecular weight is 568 g/mol. The Morgan fingerprint density at radius 1 is 1.14 bits per heavy atom. The van der Waals surface area contributed by atoms with Crippen LogP contribution in [0.5, 0.6) is 0 Å². The summed E-state index contributed by atoms with van der Waals surface area (Å²) in [5.41, 5.74) is 6.53. The van der Waals surface area contributed by atoms with Gasteiger partial charge in [0.15, 0.2) is 0 Å². The van der Waals surface area contributed by atoms with Gasteiger partial charge in [-0.15, -0.1) is 11.3 Å². The quantitative estimate of drug-likeness (QED) is 0.249. The predicted molar refractivity (Wildman–Crippen MR) is 148 cm³/mol. The molecule has 3 heterocycles. The Bertz CT molecular complexity index is 1360. The summed E-state index contributed by atoms with van der Waals surface area (Å²) in [6.45, 7) is 2.93. The molecule has 8 heteroatoms. The third-order valence-corrected chi connectivity index (χ3v) is 7.85. The zero-order valence-corrected chi connectivity index (χ0v) is 22.1. The van der Waals surface area contributed by atoms with Crippen molar-refractivity contribution in [1.29, 1.82) is 0 Å². The maximum atomic E-state index is 12.9. The number of aromatic nitrogens is 2. The van der Waals surface area contributed by atoms with Crippen molar-refractivity contribution < 1.29 is 4.79 Å². The Labute approximate surface area is 222 Å². The third kappa shape index (κ3) is 5.81. The summed E-state index contributed by atoms with van der Waals surface area (Å²) in [5, 5.41) is 3.41. The number of likely N-dealkylation sites (tertiary alicyclic amines) is 1. The number of hydrogen-bond donors (Lipinski definition) is 1. The molecule has 1 fully saturated rings. The fourth-order valence-corrected chi connectivity index (χ4v) is 5.66. The molecule has 5 nitrogen and oxygen atoms in total. The van der Waals surface area contributed by atoms with Crippen LogP contribution in [-0.4, -0.2) is 40.4 Å². The molecule has 35 heavy (non-hydrogen) atoms. The number of fused-ring (bicyclic) bond motifs is 1. The number of nitrogens with zero attached hydrogens (tertiary/aromatic N) is 3. The monoisotopic (exact) mass is 566 g/mol. The molecule has 178 valence electrons. The van der Waals surface area contributed by atoms with Gasteiger partial charge in [-0.3, -0.25) is 9.69 Å². The molecule has 0 spiro atoms. The van der Waals surface area contributed by atoms with E-state index >= 15 is 0 Å². The first kappa shape index (κ1) is 24.1. The Kier molecular flexibility index (Phi) is 7.58. The van der Waals surface area contributed by atoms with E-state index in [1.54, 1.807) is 29.7 Å². The number of nitrogens with one attached hydrogen (secondary N) is 1. The molecule has 2 aromatic carbocycles. The highest BCUT2D eigenvalue weighted by atomic mass is 79.9. The van der Waals surface area contributed by atoms with Gasteiger partial charge in [0.2, 0.25) is 0 Å². The van der Waals surface area contributed by atoms with Crippen LogP contribution < -0.4 is 5.32 Å². The van der Waals surface area contributed by atoms with Crippen LogP contribution in [0.2, 0.25) is 5.15 Å². The van der Waals surface area contributed by atoms with Gasteiger partial charge in [0, 0.05) is 34.0 Å². The van der Waals surface area contributed by atoms with Gasteiger partial charge in [-0.25, -0.2) is 9.97 Å². The molecule has 0 radical (unpaired) electrons. The van der Waals surface area contributed by atoms with Crippen LogP contribution in [0.1, 0.15) is 40.2 Å². The minimum Gasteiger partial charge on any atom is -0.322 e. The van der Waals surface area contributed by atoms with Crippen molar-refractivity contribution in [3.05, 3.63) is 92.6 Å². The smallest absolute Gasteiger partial charge is 0.255 e. The van der Waals surface area contributed by atoms with E-state index in [1.807, 2.05) is 17.6 Å². The minimum absolute atomic E-state index is 0.194. The molecule has 0 unspecified atom stereocenters. The van der Waals surface area contributed by atoms with Crippen LogP contribution in [-0.2, 0) is 0 Å². The fourth-order valence-electron chi connectivity index (χ4n) is 4.53. The van der Waals surface area contributed by atoms with E-state index in [0.717, 1.165) is 58.4 Å². The highest BCUT2D eigenvalue weighted by Crippen LogP contribution is 2.39. The number of halogens is 2. The summed E-state index contributed by atoms with van der Waals surface area (Å²) in [6.07, 6.45) is 7.99.